The summed E-state index contributed by atoms with van der Waals surface area (Å²) >= 11 is 0. The Morgan fingerprint density at radius 1 is 0.968 bits per heavy atom. The van der Waals surface area contributed by atoms with Crippen molar-refractivity contribution in [3.05, 3.63) is 54.6 Å². The maximum Gasteiger partial charge on any atom is 0.241 e. The largest absolute Gasteiger partial charge is 0.497 e. The minimum atomic E-state index is -3.83. The number of carbonyl (C=O) groups is 1. The molecule has 31 heavy (non-hydrogen) atoms. The monoisotopic (exact) mass is 448 g/mol. The Kier molecular flexibility index (Phi) is 9.81. The average Bonchev–Trinajstić information content (AvgIpc) is 2.75. The van der Waals surface area contributed by atoms with Crippen LogP contribution >= 0.6 is 0 Å². The Labute approximate surface area is 185 Å². The normalized spacial score (nSPS) is 12.4. The molecule has 0 fully saturated rings. The highest BCUT2D eigenvalue weighted by atomic mass is 32.2. The number of sulfonamides is 1. The molecule has 2 aromatic rings. The third-order valence-corrected chi connectivity index (χ3v) is 6.06. The summed E-state index contributed by atoms with van der Waals surface area (Å²) in [5.41, 5.74) is 0. The Bertz CT molecular complexity index is 899. The molecule has 0 bridgehead atoms. The molecule has 0 spiro atoms. The van der Waals surface area contributed by atoms with E-state index >= 15 is 0 Å². The quantitative estimate of drug-likeness (QED) is 0.458. The summed E-state index contributed by atoms with van der Waals surface area (Å²) in [6, 6.07) is 14.8. The molecule has 0 heterocycles. The van der Waals surface area contributed by atoms with Gasteiger partial charge in [-0.3, -0.25) is 4.79 Å². The van der Waals surface area contributed by atoms with Gasteiger partial charge in [0.2, 0.25) is 15.9 Å². The van der Waals surface area contributed by atoms with Crippen molar-refractivity contribution in [3.63, 3.8) is 0 Å². The number of para-hydroxylation sites is 1. The Morgan fingerprint density at radius 2 is 1.65 bits per heavy atom. The van der Waals surface area contributed by atoms with E-state index in [2.05, 4.69) is 10.0 Å². The fourth-order valence-corrected chi connectivity index (χ4v) is 4.17. The summed E-state index contributed by atoms with van der Waals surface area (Å²) in [7, 11) is -2.32. The van der Waals surface area contributed by atoms with Crippen molar-refractivity contribution in [2.24, 2.45) is 5.92 Å². The average molecular weight is 449 g/mol. The van der Waals surface area contributed by atoms with Crippen molar-refractivity contribution in [1.82, 2.24) is 10.0 Å². The molecule has 0 aliphatic carbocycles. The molecule has 0 saturated heterocycles. The molecule has 0 aromatic heterocycles. The van der Waals surface area contributed by atoms with E-state index in [-0.39, 0.29) is 16.7 Å². The van der Waals surface area contributed by atoms with E-state index in [1.165, 1.54) is 19.2 Å². The number of nitrogens with one attached hydrogen (secondary N) is 2. The molecule has 0 radical (unpaired) electrons. The van der Waals surface area contributed by atoms with E-state index in [1.54, 1.807) is 12.1 Å². The van der Waals surface area contributed by atoms with Gasteiger partial charge >= 0.3 is 0 Å². The fraction of sp³-hybridized carbons (Fsp3) is 0.435. The number of benzene rings is 2. The number of carbonyl (C=O) groups excluding carboxylic acids is 1. The lowest BCUT2D eigenvalue weighted by Crippen LogP contribution is -2.47. The molecule has 7 nitrogen and oxygen atoms in total. The molecule has 170 valence electrons. The molecule has 2 rings (SSSR count). The van der Waals surface area contributed by atoms with Crippen molar-refractivity contribution in [1.29, 1.82) is 0 Å². The number of hydrogen-bond donors (Lipinski definition) is 2. The van der Waals surface area contributed by atoms with Crippen molar-refractivity contribution >= 4 is 15.9 Å². The van der Waals surface area contributed by atoms with Crippen molar-refractivity contribution in [2.45, 2.75) is 44.0 Å². The van der Waals surface area contributed by atoms with Gasteiger partial charge < -0.3 is 14.8 Å². The summed E-state index contributed by atoms with van der Waals surface area (Å²) in [6.45, 7) is 4.90. The summed E-state index contributed by atoms with van der Waals surface area (Å²) in [5.74, 6) is 1.20. The third-order valence-electron chi connectivity index (χ3n) is 4.57. The Balaban J connectivity index is 1.84. The lowest BCUT2D eigenvalue weighted by Gasteiger charge is -2.20. The predicted octanol–water partition coefficient (Wildman–Crippen LogP) is 3.36. The minimum Gasteiger partial charge on any atom is -0.497 e. The van der Waals surface area contributed by atoms with Gasteiger partial charge in [-0.25, -0.2) is 8.42 Å². The van der Waals surface area contributed by atoms with E-state index < -0.39 is 16.1 Å². The van der Waals surface area contributed by atoms with Gasteiger partial charge in [0.15, 0.2) is 0 Å². The lowest BCUT2D eigenvalue weighted by atomic mass is 10.0. The summed E-state index contributed by atoms with van der Waals surface area (Å²) in [4.78, 5) is 12.7. The molecule has 0 saturated carbocycles. The molecule has 0 aliphatic rings. The van der Waals surface area contributed by atoms with Gasteiger partial charge in [0, 0.05) is 6.54 Å². The van der Waals surface area contributed by atoms with Crippen LogP contribution in [0.1, 0.15) is 33.1 Å². The van der Waals surface area contributed by atoms with Crippen molar-refractivity contribution in [3.8, 4) is 11.5 Å². The van der Waals surface area contributed by atoms with E-state index in [0.717, 1.165) is 18.6 Å². The second-order valence-corrected chi connectivity index (χ2v) is 9.35. The van der Waals surface area contributed by atoms with Crippen LogP contribution in [0.3, 0.4) is 0 Å². The first-order chi connectivity index (χ1) is 14.8. The van der Waals surface area contributed by atoms with E-state index in [9.17, 15) is 13.2 Å². The van der Waals surface area contributed by atoms with Gasteiger partial charge in [-0.05, 0) is 61.6 Å². The smallest absolute Gasteiger partial charge is 0.241 e. The van der Waals surface area contributed by atoms with Gasteiger partial charge in [-0.1, -0.05) is 32.0 Å². The van der Waals surface area contributed by atoms with Crippen LogP contribution in [-0.4, -0.2) is 40.6 Å². The molecule has 8 heteroatoms. The van der Waals surface area contributed by atoms with Crippen LogP contribution < -0.4 is 19.5 Å². The zero-order valence-corrected chi connectivity index (χ0v) is 19.2. The van der Waals surface area contributed by atoms with Crippen LogP contribution in [0, 0.1) is 5.92 Å². The zero-order chi connectivity index (χ0) is 22.7. The molecule has 1 unspecified atom stereocenters. The number of amides is 1. The van der Waals surface area contributed by atoms with Crippen LogP contribution in [0.4, 0.5) is 0 Å². The van der Waals surface area contributed by atoms with E-state index in [0.29, 0.717) is 25.3 Å². The second-order valence-electron chi connectivity index (χ2n) is 7.64. The maximum absolute atomic E-state index is 12.7. The first kappa shape index (κ1) is 24.7. The first-order valence-corrected chi connectivity index (χ1v) is 11.9. The highest BCUT2D eigenvalue weighted by Gasteiger charge is 2.26. The van der Waals surface area contributed by atoms with E-state index in [4.69, 9.17) is 9.47 Å². The lowest BCUT2D eigenvalue weighted by molar-refractivity contribution is -0.123. The van der Waals surface area contributed by atoms with Gasteiger partial charge in [0.05, 0.1) is 18.6 Å². The van der Waals surface area contributed by atoms with E-state index in [1.807, 2.05) is 44.2 Å². The highest BCUT2D eigenvalue weighted by molar-refractivity contribution is 7.89. The van der Waals surface area contributed by atoms with Gasteiger partial charge in [-0.2, -0.15) is 4.72 Å². The molecule has 0 aliphatic heterocycles. The van der Waals surface area contributed by atoms with Crippen LogP contribution in [0.5, 0.6) is 11.5 Å². The number of unbranched alkanes of at least 4 members (excludes halogenated alkanes) is 1. The summed E-state index contributed by atoms with van der Waals surface area (Å²) < 4.78 is 38.7. The molecular weight excluding hydrogens is 416 g/mol. The Hall–Kier alpha value is -2.58. The first-order valence-electron chi connectivity index (χ1n) is 10.4. The van der Waals surface area contributed by atoms with Gasteiger partial charge in [0.1, 0.15) is 17.5 Å². The number of methoxy groups -OCH3 is 1. The van der Waals surface area contributed by atoms with Crippen LogP contribution in [0.25, 0.3) is 0 Å². The second kappa shape index (κ2) is 12.3. The molecule has 1 amide bonds. The van der Waals surface area contributed by atoms with Crippen LogP contribution in [-0.2, 0) is 14.8 Å². The molecule has 1 atom stereocenters. The predicted molar refractivity (Wildman–Crippen MR) is 121 cm³/mol. The van der Waals surface area contributed by atoms with Gasteiger partial charge in [-0.15, -0.1) is 0 Å². The Morgan fingerprint density at radius 3 is 2.26 bits per heavy atom. The van der Waals surface area contributed by atoms with Crippen molar-refractivity contribution < 1.29 is 22.7 Å². The number of hydrogen-bond acceptors (Lipinski definition) is 5. The number of ether oxygens (including phenoxy) is 2. The summed E-state index contributed by atoms with van der Waals surface area (Å²) in [5, 5.41) is 2.84. The third kappa shape index (κ3) is 8.59. The van der Waals surface area contributed by atoms with Gasteiger partial charge in [0.25, 0.3) is 0 Å². The number of rotatable bonds is 13. The topological polar surface area (TPSA) is 93.7 Å². The molecule has 2 aromatic carbocycles. The summed E-state index contributed by atoms with van der Waals surface area (Å²) in [6.07, 6.45) is 1.91. The fourth-order valence-electron chi connectivity index (χ4n) is 2.96. The van der Waals surface area contributed by atoms with Crippen LogP contribution in [0.2, 0.25) is 0 Å². The molecule has 2 N–H and O–H groups in total. The van der Waals surface area contributed by atoms with Crippen molar-refractivity contribution in [2.75, 3.05) is 20.3 Å². The SMILES string of the molecule is COc1ccc(S(=O)(=O)NC(CC(C)C)C(=O)NCCCCOc2ccccc2)cc1. The maximum atomic E-state index is 12.7. The van der Waals surface area contributed by atoms with Crippen LogP contribution in [0.15, 0.2) is 59.5 Å². The zero-order valence-electron chi connectivity index (χ0n) is 18.3. The highest BCUT2D eigenvalue weighted by Crippen LogP contribution is 2.17. The molecular formula is C23H32N2O5S. The standard InChI is InChI=1S/C23H32N2O5S/c1-18(2)17-22(25-31(27,28)21-13-11-19(29-3)12-14-21)23(26)24-15-7-8-16-30-20-9-5-4-6-10-20/h4-6,9-14,18,22,25H,7-8,15-17H2,1-3H3,(H,24,26). The minimum absolute atomic E-state index is 0.0907.